The van der Waals surface area contributed by atoms with Crippen molar-refractivity contribution in [1.82, 2.24) is 15.1 Å². The summed E-state index contributed by atoms with van der Waals surface area (Å²) >= 11 is 0. The van der Waals surface area contributed by atoms with Crippen molar-refractivity contribution in [2.75, 3.05) is 39.3 Å². The summed E-state index contributed by atoms with van der Waals surface area (Å²) < 4.78 is 0. The summed E-state index contributed by atoms with van der Waals surface area (Å²) in [6, 6.07) is 0.614. The van der Waals surface area contributed by atoms with Crippen LogP contribution in [0, 0.1) is 0 Å². The molecular formula is C11H22ClN3O. The Kier molecular flexibility index (Phi) is 5.52. The summed E-state index contributed by atoms with van der Waals surface area (Å²) in [4.78, 5) is 16.1. The van der Waals surface area contributed by atoms with Crippen LogP contribution in [0.2, 0.25) is 0 Å². The van der Waals surface area contributed by atoms with E-state index in [1.54, 1.807) is 0 Å². The highest BCUT2D eigenvalue weighted by molar-refractivity contribution is 5.85. The van der Waals surface area contributed by atoms with Gasteiger partial charge >= 0.3 is 0 Å². The quantitative estimate of drug-likeness (QED) is 0.764. The van der Waals surface area contributed by atoms with Gasteiger partial charge in [-0.1, -0.05) is 6.92 Å². The highest BCUT2D eigenvalue weighted by atomic mass is 35.5. The van der Waals surface area contributed by atoms with Crippen molar-refractivity contribution in [1.29, 1.82) is 0 Å². The van der Waals surface area contributed by atoms with Crippen LogP contribution in [0.1, 0.15) is 19.8 Å². The molecule has 2 fully saturated rings. The molecule has 0 aliphatic carbocycles. The molecule has 0 aromatic rings. The molecule has 0 spiro atoms. The molecule has 94 valence electrons. The van der Waals surface area contributed by atoms with Crippen LogP contribution in [-0.4, -0.2) is 61.0 Å². The number of amides is 1. The average Bonchev–Trinajstić information content (AvgIpc) is 2.78. The van der Waals surface area contributed by atoms with Gasteiger partial charge in [-0.15, -0.1) is 12.4 Å². The lowest BCUT2D eigenvalue weighted by Crippen LogP contribution is -2.49. The first-order valence-corrected chi connectivity index (χ1v) is 6.04. The summed E-state index contributed by atoms with van der Waals surface area (Å²) in [5.74, 6) is 0.313. The molecule has 1 atom stereocenters. The monoisotopic (exact) mass is 247 g/mol. The van der Waals surface area contributed by atoms with E-state index in [1.807, 2.05) is 11.8 Å². The van der Waals surface area contributed by atoms with Gasteiger partial charge in [-0.25, -0.2) is 0 Å². The van der Waals surface area contributed by atoms with Crippen LogP contribution in [0.15, 0.2) is 0 Å². The van der Waals surface area contributed by atoms with E-state index in [0.717, 1.165) is 45.7 Å². The number of halogens is 1. The Morgan fingerprint density at radius 3 is 2.62 bits per heavy atom. The third kappa shape index (κ3) is 3.09. The van der Waals surface area contributed by atoms with Crippen molar-refractivity contribution in [2.24, 2.45) is 0 Å². The smallest absolute Gasteiger partial charge is 0.222 e. The van der Waals surface area contributed by atoms with Gasteiger partial charge in [0.25, 0.3) is 0 Å². The van der Waals surface area contributed by atoms with E-state index in [-0.39, 0.29) is 12.4 Å². The number of carbonyl (C=O) groups is 1. The molecule has 2 aliphatic heterocycles. The van der Waals surface area contributed by atoms with Crippen molar-refractivity contribution in [3.05, 3.63) is 0 Å². The minimum atomic E-state index is 0. The Morgan fingerprint density at radius 2 is 2.00 bits per heavy atom. The number of hydrogen-bond acceptors (Lipinski definition) is 3. The van der Waals surface area contributed by atoms with Crippen molar-refractivity contribution in [3.63, 3.8) is 0 Å². The zero-order valence-corrected chi connectivity index (χ0v) is 10.8. The summed E-state index contributed by atoms with van der Waals surface area (Å²) in [5, 5.41) is 3.36. The second kappa shape index (κ2) is 6.42. The summed E-state index contributed by atoms with van der Waals surface area (Å²) in [6.45, 7) is 8.32. The molecule has 0 bridgehead atoms. The van der Waals surface area contributed by atoms with E-state index >= 15 is 0 Å². The largest absolute Gasteiger partial charge is 0.341 e. The van der Waals surface area contributed by atoms with Crippen molar-refractivity contribution < 1.29 is 4.79 Å². The van der Waals surface area contributed by atoms with Gasteiger partial charge in [-0.3, -0.25) is 9.69 Å². The maximum absolute atomic E-state index is 11.5. The number of nitrogens with one attached hydrogen (secondary N) is 1. The first kappa shape index (κ1) is 13.7. The zero-order valence-electron chi connectivity index (χ0n) is 9.95. The Balaban J connectivity index is 0.00000128. The second-order valence-electron chi connectivity index (χ2n) is 4.42. The fourth-order valence-electron chi connectivity index (χ4n) is 2.54. The van der Waals surface area contributed by atoms with Crippen LogP contribution in [0.3, 0.4) is 0 Å². The molecule has 0 radical (unpaired) electrons. The maximum atomic E-state index is 11.5. The molecule has 0 aromatic heterocycles. The third-order valence-electron chi connectivity index (χ3n) is 3.49. The number of piperazine rings is 1. The predicted octanol–water partition coefficient (Wildman–Crippen LogP) is 0.324. The second-order valence-corrected chi connectivity index (χ2v) is 4.42. The number of hydrogen-bond donors (Lipinski definition) is 1. The highest BCUT2D eigenvalue weighted by Crippen LogP contribution is 2.16. The van der Waals surface area contributed by atoms with E-state index in [9.17, 15) is 4.79 Å². The van der Waals surface area contributed by atoms with E-state index in [2.05, 4.69) is 10.2 Å². The van der Waals surface area contributed by atoms with Gasteiger partial charge in [-0.2, -0.15) is 0 Å². The lowest BCUT2D eigenvalue weighted by molar-refractivity contribution is -0.130. The molecular weight excluding hydrogens is 226 g/mol. The summed E-state index contributed by atoms with van der Waals surface area (Å²) in [6.07, 6.45) is 1.81. The minimum Gasteiger partial charge on any atom is -0.341 e. The van der Waals surface area contributed by atoms with Crippen molar-refractivity contribution in [3.8, 4) is 0 Å². The minimum absolute atomic E-state index is 0. The van der Waals surface area contributed by atoms with Crippen LogP contribution in [0.25, 0.3) is 0 Å². The van der Waals surface area contributed by atoms with Gasteiger partial charge < -0.3 is 10.2 Å². The van der Waals surface area contributed by atoms with Gasteiger partial charge in [0, 0.05) is 51.7 Å². The molecule has 1 N–H and O–H groups in total. The first-order chi connectivity index (χ1) is 7.31. The van der Waals surface area contributed by atoms with E-state index in [0.29, 0.717) is 18.4 Å². The van der Waals surface area contributed by atoms with Gasteiger partial charge in [0.1, 0.15) is 0 Å². The molecule has 2 aliphatic rings. The third-order valence-corrected chi connectivity index (χ3v) is 3.49. The molecule has 0 saturated carbocycles. The maximum Gasteiger partial charge on any atom is 0.222 e. The standard InChI is InChI=1S/C11H21N3O.ClH/c1-2-11(15)14-6-3-10(9-14)13-7-4-12-5-8-13;/h10,12H,2-9H2,1H3;1H. The van der Waals surface area contributed by atoms with Gasteiger partial charge in [0.2, 0.25) is 5.91 Å². The molecule has 2 heterocycles. The van der Waals surface area contributed by atoms with Crippen LogP contribution < -0.4 is 5.32 Å². The lowest BCUT2D eigenvalue weighted by Gasteiger charge is -2.32. The molecule has 2 saturated heterocycles. The van der Waals surface area contributed by atoms with Crippen LogP contribution in [0.4, 0.5) is 0 Å². The fourth-order valence-corrected chi connectivity index (χ4v) is 2.54. The molecule has 5 heteroatoms. The Bertz CT molecular complexity index is 231. The van der Waals surface area contributed by atoms with Crippen LogP contribution in [0.5, 0.6) is 0 Å². The van der Waals surface area contributed by atoms with Crippen LogP contribution in [-0.2, 0) is 4.79 Å². The molecule has 0 aromatic carbocycles. The van der Waals surface area contributed by atoms with Gasteiger partial charge in [0.15, 0.2) is 0 Å². The van der Waals surface area contributed by atoms with E-state index in [1.165, 1.54) is 0 Å². The molecule has 2 rings (SSSR count). The highest BCUT2D eigenvalue weighted by Gasteiger charge is 2.29. The molecule has 16 heavy (non-hydrogen) atoms. The normalized spacial score (nSPS) is 26.6. The first-order valence-electron chi connectivity index (χ1n) is 6.04. The fraction of sp³-hybridized carbons (Fsp3) is 0.909. The molecule has 4 nitrogen and oxygen atoms in total. The van der Waals surface area contributed by atoms with Crippen molar-refractivity contribution in [2.45, 2.75) is 25.8 Å². The van der Waals surface area contributed by atoms with Gasteiger partial charge in [0.05, 0.1) is 0 Å². The lowest BCUT2D eigenvalue weighted by atomic mass is 10.2. The topological polar surface area (TPSA) is 35.6 Å². The van der Waals surface area contributed by atoms with Gasteiger partial charge in [-0.05, 0) is 6.42 Å². The van der Waals surface area contributed by atoms with Crippen LogP contribution >= 0.6 is 12.4 Å². The summed E-state index contributed by atoms with van der Waals surface area (Å²) in [5.41, 5.74) is 0. The molecule has 1 amide bonds. The number of rotatable bonds is 2. The number of carbonyl (C=O) groups excluding carboxylic acids is 1. The average molecular weight is 248 g/mol. The molecule has 1 unspecified atom stereocenters. The Morgan fingerprint density at radius 1 is 1.31 bits per heavy atom. The van der Waals surface area contributed by atoms with E-state index < -0.39 is 0 Å². The number of nitrogens with zero attached hydrogens (tertiary/aromatic N) is 2. The Hall–Kier alpha value is -0.320. The predicted molar refractivity (Wildman–Crippen MR) is 67.0 cm³/mol. The number of likely N-dealkylation sites (tertiary alicyclic amines) is 1. The van der Waals surface area contributed by atoms with Crippen molar-refractivity contribution >= 4 is 18.3 Å². The Labute approximate surface area is 104 Å². The van der Waals surface area contributed by atoms with E-state index in [4.69, 9.17) is 0 Å². The summed E-state index contributed by atoms with van der Waals surface area (Å²) in [7, 11) is 0. The zero-order chi connectivity index (χ0) is 10.7. The SMILES string of the molecule is CCC(=O)N1CCC(N2CCNCC2)C1.Cl.